The third kappa shape index (κ3) is 2.94. The van der Waals surface area contributed by atoms with E-state index >= 15 is 0 Å². The van der Waals surface area contributed by atoms with Gasteiger partial charge in [0.15, 0.2) is 0 Å². The summed E-state index contributed by atoms with van der Waals surface area (Å²) < 4.78 is 5.31. The highest BCUT2D eigenvalue weighted by Crippen LogP contribution is 2.25. The van der Waals surface area contributed by atoms with Gasteiger partial charge in [0.2, 0.25) is 11.9 Å². The molecule has 0 aromatic carbocycles. The van der Waals surface area contributed by atoms with E-state index in [4.69, 9.17) is 10.6 Å². The number of hydrogen-bond acceptors (Lipinski definition) is 8. The molecule has 1 unspecified atom stereocenters. The van der Waals surface area contributed by atoms with E-state index in [1.807, 2.05) is 25.7 Å². The van der Waals surface area contributed by atoms with Crippen molar-refractivity contribution in [3.8, 4) is 6.01 Å². The molecule has 1 saturated heterocycles. The van der Waals surface area contributed by atoms with Gasteiger partial charge in [0.25, 0.3) is 0 Å². The van der Waals surface area contributed by atoms with Crippen LogP contribution in [0.4, 0.5) is 11.9 Å². The van der Waals surface area contributed by atoms with Crippen molar-refractivity contribution in [2.45, 2.75) is 19.4 Å². The quantitative estimate of drug-likeness (QED) is 0.590. The molecule has 0 radical (unpaired) electrons. The molecule has 1 aromatic heterocycles. The maximum atomic E-state index is 5.36. The summed E-state index contributed by atoms with van der Waals surface area (Å²) in [5.41, 5.74) is 2.44. The zero-order valence-corrected chi connectivity index (χ0v) is 11.4. The lowest BCUT2D eigenvalue weighted by molar-refractivity contribution is 0.312. The molecule has 0 bridgehead atoms. The molecule has 0 aliphatic carbocycles. The van der Waals surface area contributed by atoms with E-state index in [1.165, 1.54) is 5.75 Å². The molecule has 0 amide bonds. The number of nitrogens with one attached hydrogen (secondary N) is 1. The lowest BCUT2D eigenvalue weighted by Crippen LogP contribution is -2.33. The van der Waals surface area contributed by atoms with Crippen molar-refractivity contribution in [2.75, 3.05) is 35.5 Å². The summed E-state index contributed by atoms with van der Waals surface area (Å²) in [6.45, 7) is 2.40. The van der Waals surface area contributed by atoms with Crippen LogP contribution in [0.1, 0.15) is 13.3 Å². The Morgan fingerprint density at radius 1 is 1.50 bits per heavy atom. The summed E-state index contributed by atoms with van der Waals surface area (Å²) >= 11 is 1.95. The van der Waals surface area contributed by atoms with Crippen LogP contribution in [0.25, 0.3) is 0 Å². The van der Waals surface area contributed by atoms with Gasteiger partial charge in [0, 0.05) is 18.8 Å². The molecule has 8 heteroatoms. The number of aromatic nitrogens is 3. The van der Waals surface area contributed by atoms with Crippen LogP contribution in [0, 0.1) is 0 Å². The van der Waals surface area contributed by atoms with E-state index < -0.39 is 0 Å². The highest BCUT2D eigenvalue weighted by atomic mass is 32.2. The van der Waals surface area contributed by atoms with Gasteiger partial charge in [-0.05, 0) is 19.1 Å². The van der Waals surface area contributed by atoms with Crippen molar-refractivity contribution in [3.63, 3.8) is 0 Å². The maximum absolute atomic E-state index is 5.36. The third-order valence-electron chi connectivity index (χ3n) is 2.77. The smallest absolute Gasteiger partial charge is 0.323 e. The normalized spacial score (nSPS) is 18.7. The first kappa shape index (κ1) is 13.2. The van der Waals surface area contributed by atoms with Gasteiger partial charge in [-0.15, -0.1) is 0 Å². The van der Waals surface area contributed by atoms with Gasteiger partial charge in [0.1, 0.15) is 0 Å². The first-order chi connectivity index (χ1) is 8.74. The van der Waals surface area contributed by atoms with Gasteiger partial charge in [-0.2, -0.15) is 26.7 Å². The average molecular weight is 270 g/mol. The first-order valence-corrected chi connectivity index (χ1v) is 7.06. The van der Waals surface area contributed by atoms with Crippen molar-refractivity contribution >= 4 is 23.7 Å². The van der Waals surface area contributed by atoms with Gasteiger partial charge < -0.3 is 9.64 Å². The van der Waals surface area contributed by atoms with Gasteiger partial charge in [-0.3, -0.25) is 5.43 Å². The minimum atomic E-state index is 0.299. The molecule has 18 heavy (non-hydrogen) atoms. The predicted molar refractivity (Wildman–Crippen MR) is 72.9 cm³/mol. The molecule has 0 spiro atoms. The van der Waals surface area contributed by atoms with Crippen LogP contribution in [-0.4, -0.2) is 46.2 Å². The largest absolute Gasteiger partial charge is 0.464 e. The minimum Gasteiger partial charge on any atom is -0.464 e. The summed E-state index contributed by atoms with van der Waals surface area (Å²) in [7, 11) is 1.99. The molecule has 2 rings (SSSR count). The van der Waals surface area contributed by atoms with E-state index in [9.17, 15) is 0 Å². The van der Waals surface area contributed by atoms with Crippen LogP contribution in [0.2, 0.25) is 0 Å². The Morgan fingerprint density at radius 3 is 2.94 bits per heavy atom. The molecular formula is C10H18N6OS. The topological polar surface area (TPSA) is 89.2 Å². The molecule has 1 aliphatic heterocycles. The number of rotatable bonds is 5. The molecule has 100 valence electrons. The van der Waals surface area contributed by atoms with Crippen LogP contribution in [-0.2, 0) is 0 Å². The monoisotopic (exact) mass is 270 g/mol. The number of nitrogens with zero attached hydrogens (tertiary/aromatic N) is 4. The molecule has 1 aromatic rings. The Labute approximate surface area is 110 Å². The fourth-order valence-electron chi connectivity index (χ4n) is 1.75. The number of anilines is 2. The van der Waals surface area contributed by atoms with Crippen LogP contribution >= 0.6 is 11.8 Å². The van der Waals surface area contributed by atoms with Crippen molar-refractivity contribution in [3.05, 3.63) is 0 Å². The molecule has 3 N–H and O–H groups in total. The second-order valence-electron chi connectivity index (χ2n) is 3.95. The Bertz CT molecular complexity index is 398. The molecular weight excluding hydrogens is 252 g/mol. The molecule has 1 fully saturated rings. The summed E-state index contributed by atoms with van der Waals surface area (Å²) in [6, 6.07) is 0.755. The first-order valence-electron chi connectivity index (χ1n) is 5.90. The fourth-order valence-corrected chi connectivity index (χ4v) is 3.02. The minimum absolute atomic E-state index is 0.299. The second-order valence-corrected chi connectivity index (χ2v) is 5.10. The second kappa shape index (κ2) is 6.05. The van der Waals surface area contributed by atoms with Gasteiger partial charge in [-0.1, -0.05) is 0 Å². The van der Waals surface area contributed by atoms with Crippen molar-refractivity contribution < 1.29 is 4.74 Å². The standard InChI is InChI=1S/C10H18N6OS/c1-3-17-10-13-8(15-11)12-9(14-10)16(2)7-4-5-18-6-7/h7H,3-6,11H2,1-2H3,(H,12,13,14,15). The Balaban J connectivity index is 2.21. The Hall–Kier alpha value is -1.28. The highest BCUT2D eigenvalue weighted by Gasteiger charge is 2.23. The van der Waals surface area contributed by atoms with E-state index in [0.29, 0.717) is 30.6 Å². The fraction of sp³-hybridized carbons (Fsp3) is 0.700. The summed E-state index contributed by atoms with van der Waals surface area (Å²) in [5, 5.41) is 0. The number of hydrogen-bond donors (Lipinski definition) is 2. The van der Waals surface area contributed by atoms with E-state index in [1.54, 1.807) is 0 Å². The number of nitrogen functional groups attached to an aromatic ring is 1. The summed E-state index contributed by atoms with van der Waals surface area (Å²) in [6.07, 6.45) is 1.14. The number of hydrazine groups is 1. The van der Waals surface area contributed by atoms with E-state index in [0.717, 1.165) is 12.2 Å². The molecule has 0 saturated carbocycles. The molecule has 1 atom stereocenters. The van der Waals surface area contributed by atoms with Crippen molar-refractivity contribution in [1.82, 2.24) is 15.0 Å². The number of thioether (sulfide) groups is 1. The zero-order valence-electron chi connectivity index (χ0n) is 10.6. The summed E-state index contributed by atoms with van der Waals surface area (Å²) in [5.74, 6) is 8.54. The van der Waals surface area contributed by atoms with Crippen molar-refractivity contribution in [1.29, 1.82) is 0 Å². The van der Waals surface area contributed by atoms with Crippen LogP contribution in [0.3, 0.4) is 0 Å². The SMILES string of the molecule is CCOc1nc(NN)nc(N(C)C2CCSC2)n1. The third-order valence-corrected chi connectivity index (χ3v) is 3.92. The lowest BCUT2D eigenvalue weighted by atomic mass is 10.2. The molecule has 1 aliphatic rings. The number of nitrogens with two attached hydrogens (primary N) is 1. The van der Waals surface area contributed by atoms with Gasteiger partial charge >= 0.3 is 6.01 Å². The zero-order chi connectivity index (χ0) is 13.0. The van der Waals surface area contributed by atoms with E-state index in [2.05, 4.69) is 25.3 Å². The average Bonchev–Trinajstić information content (AvgIpc) is 2.91. The number of ether oxygens (including phenoxy) is 1. The molecule has 7 nitrogen and oxygen atoms in total. The van der Waals surface area contributed by atoms with Gasteiger partial charge in [-0.25, -0.2) is 5.84 Å². The summed E-state index contributed by atoms with van der Waals surface area (Å²) in [4.78, 5) is 14.6. The molecule has 2 heterocycles. The lowest BCUT2D eigenvalue weighted by Gasteiger charge is -2.23. The van der Waals surface area contributed by atoms with Crippen LogP contribution in [0.5, 0.6) is 6.01 Å². The van der Waals surface area contributed by atoms with E-state index in [-0.39, 0.29) is 0 Å². The Morgan fingerprint density at radius 2 is 2.33 bits per heavy atom. The maximum Gasteiger partial charge on any atom is 0.323 e. The van der Waals surface area contributed by atoms with Gasteiger partial charge in [0.05, 0.1) is 6.61 Å². The predicted octanol–water partition coefficient (Wildman–Crippen LogP) is 0.498. The van der Waals surface area contributed by atoms with Crippen LogP contribution in [0.15, 0.2) is 0 Å². The highest BCUT2D eigenvalue weighted by molar-refractivity contribution is 7.99. The van der Waals surface area contributed by atoms with Crippen LogP contribution < -0.4 is 20.9 Å². The van der Waals surface area contributed by atoms with Crippen molar-refractivity contribution in [2.24, 2.45) is 5.84 Å². The Kier molecular flexibility index (Phi) is 4.43.